The van der Waals surface area contributed by atoms with Crippen molar-refractivity contribution in [2.45, 2.75) is 64.6 Å². The standard InChI is InChI=1S/C33H38N2O2S.BrH/c1-24-15-25(2)18-28(17-24)22-34-13-11-32(12-14-34)35(23-29-19-26(3)16-27(4)20-29)38(36,37)33-10-9-30-7-5-6-8-31(30)21-33;/h5-10,15-21,32H,11-14,22-23H2,1-4H3;1H. The van der Waals surface area contributed by atoms with Crippen molar-refractivity contribution < 1.29 is 30.3 Å². The monoisotopic (exact) mass is 606 g/mol. The lowest BCUT2D eigenvalue weighted by atomic mass is 10.0. The van der Waals surface area contributed by atoms with Gasteiger partial charge in [-0.15, -0.1) is 0 Å². The van der Waals surface area contributed by atoms with Crippen LogP contribution in [-0.4, -0.2) is 31.9 Å². The lowest BCUT2D eigenvalue weighted by Crippen LogP contribution is -3.12. The van der Waals surface area contributed by atoms with Gasteiger partial charge in [0.05, 0.1) is 18.0 Å². The summed E-state index contributed by atoms with van der Waals surface area (Å²) in [6, 6.07) is 26.6. The Kier molecular flexibility index (Phi) is 9.33. The summed E-state index contributed by atoms with van der Waals surface area (Å²) in [5, 5.41) is 2.00. The van der Waals surface area contributed by atoms with Gasteiger partial charge in [0, 0.05) is 31.0 Å². The molecule has 4 aromatic rings. The van der Waals surface area contributed by atoms with Crippen molar-refractivity contribution in [3.05, 3.63) is 112 Å². The van der Waals surface area contributed by atoms with Crippen LogP contribution in [0.5, 0.6) is 0 Å². The molecule has 0 unspecified atom stereocenters. The fourth-order valence-electron chi connectivity index (χ4n) is 6.15. The van der Waals surface area contributed by atoms with E-state index in [0.29, 0.717) is 11.4 Å². The average Bonchev–Trinajstić information content (AvgIpc) is 2.86. The summed E-state index contributed by atoms with van der Waals surface area (Å²) < 4.78 is 30.2. The topological polar surface area (TPSA) is 41.8 Å². The van der Waals surface area contributed by atoms with Crippen LogP contribution in [-0.2, 0) is 23.1 Å². The molecule has 206 valence electrons. The molecule has 0 atom stereocenters. The minimum absolute atomic E-state index is 0. The molecule has 0 aliphatic carbocycles. The summed E-state index contributed by atoms with van der Waals surface area (Å²) in [7, 11) is -3.68. The molecule has 0 amide bonds. The molecule has 1 saturated heterocycles. The van der Waals surface area contributed by atoms with E-state index in [1.165, 1.54) is 21.6 Å². The molecule has 5 rings (SSSR count). The molecule has 4 nitrogen and oxygen atoms in total. The van der Waals surface area contributed by atoms with Gasteiger partial charge in [0.1, 0.15) is 6.54 Å². The van der Waals surface area contributed by atoms with Crippen molar-refractivity contribution in [2.75, 3.05) is 13.1 Å². The largest absolute Gasteiger partial charge is 1.00 e. The van der Waals surface area contributed by atoms with Crippen LogP contribution in [0.15, 0.2) is 83.8 Å². The highest BCUT2D eigenvalue weighted by Crippen LogP contribution is 2.28. The molecule has 0 bridgehead atoms. The highest BCUT2D eigenvalue weighted by atomic mass is 79.9. The van der Waals surface area contributed by atoms with E-state index in [4.69, 9.17) is 0 Å². The highest BCUT2D eigenvalue weighted by Gasteiger charge is 2.35. The number of benzene rings is 4. The molecule has 0 spiro atoms. The summed E-state index contributed by atoms with van der Waals surface area (Å²) in [6.07, 6.45) is 1.72. The Morgan fingerprint density at radius 2 is 1.26 bits per heavy atom. The second-order valence-corrected chi connectivity index (χ2v) is 13.1. The number of rotatable bonds is 7. The third-order valence-electron chi connectivity index (χ3n) is 7.75. The number of nitrogens with zero attached hydrogens (tertiary/aromatic N) is 1. The minimum Gasteiger partial charge on any atom is -1.00 e. The maximum Gasteiger partial charge on any atom is 0.243 e. The number of aryl methyl sites for hydroxylation is 4. The van der Waals surface area contributed by atoms with Gasteiger partial charge in [0.25, 0.3) is 0 Å². The molecule has 1 aliphatic rings. The first-order chi connectivity index (χ1) is 18.2. The summed E-state index contributed by atoms with van der Waals surface area (Å²) in [4.78, 5) is 1.91. The fourth-order valence-corrected chi connectivity index (χ4v) is 7.86. The highest BCUT2D eigenvalue weighted by molar-refractivity contribution is 7.89. The Bertz CT molecular complexity index is 1520. The van der Waals surface area contributed by atoms with E-state index < -0.39 is 10.0 Å². The lowest BCUT2D eigenvalue weighted by molar-refractivity contribution is -0.919. The molecule has 39 heavy (non-hydrogen) atoms. The van der Waals surface area contributed by atoms with Gasteiger partial charge in [-0.05, 0) is 56.2 Å². The SMILES string of the molecule is Cc1cc(C)cc(CN(C2CC[NH+](Cc3cc(C)cc(C)c3)CC2)S(=O)(=O)c2ccc3ccccc3c2)c1.[Br-]. The number of fused-ring (bicyclic) bond motifs is 1. The van der Waals surface area contributed by atoms with E-state index in [2.05, 4.69) is 64.1 Å². The first kappa shape index (κ1) is 29.5. The van der Waals surface area contributed by atoms with E-state index in [1.807, 2.05) is 36.4 Å². The van der Waals surface area contributed by atoms with Gasteiger partial charge in [-0.1, -0.05) is 89.0 Å². The number of hydrogen-bond acceptors (Lipinski definition) is 2. The van der Waals surface area contributed by atoms with Crippen molar-refractivity contribution in [1.29, 1.82) is 0 Å². The van der Waals surface area contributed by atoms with E-state index >= 15 is 0 Å². The molecule has 4 aromatic carbocycles. The molecule has 0 radical (unpaired) electrons. The zero-order chi connectivity index (χ0) is 26.9. The van der Waals surface area contributed by atoms with Gasteiger partial charge in [0.15, 0.2) is 0 Å². The van der Waals surface area contributed by atoms with Crippen molar-refractivity contribution in [1.82, 2.24) is 4.31 Å². The summed E-state index contributed by atoms with van der Waals surface area (Å²) in [5.74, 6) is 0. The number of likely N-dealkylation sites (tertiary alicyclic amines) is 1. The van der Waals surface area contributed by atoms with Crippen LogP contribution in [0.2, 0.25) is 0 Å². The molecule has 1 aliphatic heterocycles. The van der Waals surface area contributed by atoms with E-state index in [0.717, 1.165) is 59.9 Å². The molecule has 1 fully saturated rings. The summed E-state index contributed by atoms with van der Waals surface area (Å²) >= 11 is 0. The third-order valence-corrected chi connectivity index (χ3v) is 9.65. The van der Waals surface area contributed by atoms with Crippen LogP contribution in [0.3, 0.4) is 0 Å². The first-order valence-corrected chi connectivity index (χ1v) is 15.1. The van der Waals surface area contributed by atoms with Crippen molar-refractivity contribution in [3.63, 3.8) is 0 Å². The molecule has 0 saturated carbocycles. The maximum absolute atomic E-state index is 14.2. The number of hydrogen-bond donors (Lipinski definition) is 1. The number of quaternary nitrogens is 1. The van der Waals surface area contributed by atoms with Gasteiger partial charge in [-0.2, -0.15) is 4.31 Å². The predicted octanol–water partition coefficient (Wildman–Crippen LogP) is 2.52. The van der Waals surface area contributed by atoms with Crippen molar-refractivity contribution in [3.8, 4) is 0 Å². The number of nitrogens with one attached hydrogen (secondary N) is 1. The lowest BCUT2D eigenvalue weighted by Gasteiger charge is -2.36. The maximum atomic E-state index is 14.2. The predicted molar refractivity (Wildman–Crippen MR) is 156 cm³/mol. The van der Waals surface area contributed by atoms with Crippen LogP contribution in [0.25, 0.3) is 10.8 Å². The smallest absolute Gasteiger partial charge is 0.243 e. The Morgan fingerprint density at radius 3 is 1.85 bits per heavy atom. The van der Waals surface area contributed by atoms with E-state index in [9.17, 15) is 8.42 Å². The molecule has 0 aromatic heterocycles. The normalized spacial score (nSPS) is 17.8. The second-order valence-electron chi connectivity index (χ2n) is 11.2. The summed E-state index contributed by atoms with van der Waals surface area (Å²) in [5.41, 5.74) is 7.35. The zero-order valence-electron chi connectivity index (χ0n) is 23.4. The zero-order valence-corrected chi connectivity index (χ0v) is 25.8. The minimum atomic E-state index is -3.68. The average molecular weight is 608 g/mol. The number of sulfonamides is 1. The summed E-state index contributed by atoms with van der Waals surface area (Å²) in [6.45, 7) is 11.8. The van der Waals surface area contributed by atoms with Gasteiger partial charge in [-0.25, -0.2) is 8.42 Å². The van der Waals surface area contributed by atoms with Crippen LogP contribution < -0.4 is 21.9 Å². The molecule has 6 heteroatoms. The Labute approximate surface area is 244 Å². The third kappa shape index (κ3) is 6.98. The van der Waals surface area contributed by atoms with E-state index in [-0.39, 0.29) is 23.0 Å². The quantitative estimate of drug-likeness (QED) is 0.351. The van der Waals surface area contributed by atoms with Gasteiger partial charge in [0.2, 0.25) is 10.0 Å². The molecule has 1 heterocycles. The molecule has 1 N–H and O–H groups in total. The van der Waals surface area contributed by atoms with Crippen LogP contribution in [0.1, 0.15) is 46.2 Å². The Morgan fingerprint density at radius 1 is 0.718 bits per heavy atom. The van der Waals surface area contributed by atoms with Crippen molar-refractivity contribution in [2.24, 2.45) is 0 Å². The van der Waals surface area contributed by atoms with Gasteiger partial charge < -0.3 is 21.9 Å². The first-order valence-electron chi connectivity index (χ1n) is 13.7. The molecular weight excluding hydrogens is 568 g/mol. The van der Waals surface area contributed by atoms with Gasteiger partial charge in [-0.3, -0.25) is 0 Å². The number of halogens is 1. The Hall–Kier alpha value is -2.51. The van der Waals surface area contributed by atoms with E-state index in [1.54, 1.807) is 10.4 Å². The van der Waals surface area contributed by atoms with Gasteiger partial charge >= 0.3 is 0 Å². The second kappa shape index (κ2) is 12.3. The van der Waals surface area contributed by atoms with Crippen LogP contribution in [0.4, 0.5) is 0 Å². The Balaban J connectivity index is 0.00000353. The number of piperidine rings is 1. The molecular formula is C33H39BrN2O2S. The van der Waals surface area contributed by atoms with Crippen LogP contribution in [0, 0.1) is 27.7 Å². The fraction of sp³-hybridized carbons (Fsp3) is 0.333. The van der Waals surface area contributed by atoms with Crippen LogP contribution >= 0.6 is 0 Å². The van der Waals surface area contributed by atoms with Crippen molar-refractivity contribution >= 4 is 20.8 Å².